The van der Waals surface area contributed by atoms with Gasteiger partial charge < -0.3 is 15.4 Å². The van der Waals surface area contributed by atoms with Gasteiger partial charge in [-0.05, 0) is 42.8 Å². The molecule has 0 bridgehead atoms. The van der Waals surface area contributed by atoms with Crippen LogP contribution in [-0.2, 0) is 20.8 Å². The van der Waals surface area contributed by atoms with E-state index in [1.54, 1.807) is 31.4 Å². The summed E-state index contributed by atoms with van der Waals surface area (Å²) < 4.78 is 5.06. The van der Waals surface area contributed by atoms with Crippen LogP contribution in [-0.4, -0.2) is 36.5 Å². The fourth-order valence-electron chi connectivity index (χ4n) is 2.98. The summed E-state index contributed by atoms with van der Waals surface area (Å²) in [7, 11) is 1.57. The molecule has 0 saturated heterocycles. The maximum absolute atomic E-state index is 12.0. The Morgan fingerprint density at radius 1 is 1.04 bits per heavy atom. The fraction of sp³-hybridized carbons (Fsp3) is 0.474. The van der Waals surface area contributed by atoms with E-state index in [1.165, 1.54) is 0 Å². The first-order chi connectivity index (χ1) is 13.5. The quantitative estimate of drug-likeness (QED) is 0.414. The third kappa shape index (κ3) is 7.51. The second-order valence-corrected chi connectivity index (χ2v) is 7.04. The van der Waals surface area contributed by atoms with Gasteiger partial charge in [0.1, 0.15) is 5.75 Å². The molecule has 0 unspecified atom stereocenters. The number of carbonyl (C=O) groups excluding carboxylic acids is 3. The molecule has 9 heteroatoms. The van der Waals surface area contributed by atoms with E-state index in [9.17, 15) is 14.4 Å². The van der Waals surface area contributed by atoms with Gasteiger partial charge in [-0.25, -0.2) is 0 Å². The molecule has 3 amide bonds. The molecule has 152 valence electrons. The predicted octanol–water partition coefficient (Wildman–Crippen LogP) is 0.956. The van der Waals surface area contributed by atoms with Crippen molar-refractivity contribution < 1.29 is 19.1 Å². The average molecular weight is 407 g/mol. The number of hydrogen-bond acceptors (Lipinski definition) is 5. The van der Waals surface area contributed by atoms with E-state index in [1.807, 2.05) is 0 Å². The SMILES string of the molecule is COc1ccc(CC(=O)NC(=S)NNC(=O)CNC(=O)C2CCCCC2)cc1. The van der Waals surface area contributed by atoms with Crippen LogP contribution < -0.4 is 26.2 Å². The smallest absolute Gasteiger partial charge is 0.257 e. The van der Waals surface area contributed by atoms with E-state index in [2.05, 4.69) is 21.5 Å². The van der Waals surface area contributed by atoms with Crippen LogP contribution in [0.4, 0.5) is 0 Å². The minimum absolute atomic E-state index is 0.00664. The van der Waals surface area contributed by atoms with Crippen LogP contribution >= 0.6 is 12.2 Å². The summed E-state index contributed by atoms with van der Waals surface area (Å²) in [6, 6.07) is 7.10. The number of hydrazine groups is 1. The van der Waals surface area contributed by atoms with Gasteiger partial charge in [0.25, 0.3) is 5.91 Å². The highest BCUT2D eigenvalue weighted by Crippen LogP contribution is 2.23. The largest absolute Gasteiger partial charge is 0.497 e. The molecule has 0 heterocycles. The number of benzene rings is 1. The van der Waals surface area contributed by atoms with Gasteiger partial charge in [-0.3, -0.25) is 25.2 Å². The number of ether oxygens (including phenoxy) is 1. The van der Waals surface area contributed by atoms with Gasteiger partial charge >= 0.3 is 0 Å². The van der Waals surface area contributed by atoms with Crippen molar-refractivity contribution in [2.45, 2.75) is 38.5 Å². The van der Waals surface area contributed by atoms with Crippen LogP contribution in [0.3, 0.4) is 0 Å². The minimum atomic E-state index is -0.448. The second kappa shape index (κ2) is 11.2. The monoisotopic (exact) mass is 406 g/mol. The van der Waals surface area contributed by atoms with Gasteiger partial charge in [-0.15, -0.1) is 0 Å². The molecule has 0 spiro atoms. The number of hydrogen-bond donors (Lipinski definition) is 4. The molecule has 4 N–H and O–H groups in total. The molecule has 1 fully saturated rings. The van der Waals surface area contributed by atoms with E-state index in [-0.39, 0.29) is 35.8 Å². The van der Waals surface area contributed by atoms with E-state index in [4.69, 9.17) is 17.0 Å². The Morgan fingerprint density at radius 3 is 2.36 bits per heavy atom. The van der Waals surface area contributed by atoms with E-state index >= 15 is 0 Å². The summed E-state index contributed by atoms with van der Waals surface area (Å²) in [5.74, 6) is -0.156. The molecule has 28 heavy (non-hydrogen) atoms. The lowest BCUT2D eigenvalue weighted by Gasteiger charge is -2.20. The predicted molar refractivity (Wildman–Crippen MR) is 108 cm³/mol. The Balaban J connectivity index is 1.63. The molecule has 1 aromatic carbocycles. The summed E-state index contributed by atoms with van der Waals surface area (Å²) in [5.41, 5.74) is 5.60. The van der Waals surface area contributed by atoms with Crippen LogP contribution in [0.2, 0.25) is 0 Å². The number of rotatable bonds is 6. The molecule has 1 aliphatic rings. The highest BCUT2D eigenvalue weighted by molar-refractivity contribution is 7.80. The molecule has 2 rings (SSSR count). The zero-order valence-corrected chi connectivity index (χ0v) is 16.7. The van der Waals surface area contributed by atoms with Crippen LogP contribution in [0.25, 0.3) is 0 Å². The van der Waals surface area contributed by atoms with Crippen molar-refractivity contribution in [2.75, 3.05) is 13.7 Å². The van der Waals surface area contributed by atoms with Gasteiger partial charge in [0.15, 0.2) is 5.11 Å². The molecule has 1 aliphatic carbocycles. The van der Waals surface area contributed by atoms with Crippen molar-refractivity contribution in [3.63, 3.8) is 0 Å². The molecule has 8 nitrogen and oxygen atoms in total. The summed E-state index contributed by atoms with van der Waals surface area (Å²) in [4.78, 5) is 35.8. The van der Waals surface area contributed by atoms with Gasteiger partial charge in [-0.1, -0.05) is 31.4 Å². The number of carbonyl (C=O) groups is 3. The molecule has 1 saturated carbocycles. The zero-order chi connectivity index (χ0) is 20.4. The van der Waals surface area contributed by atoms with Crippen molar-refractivity contribution >= 4 is 35.1 Å². The Labute approximate surface area is 169 Å². The highest BCUT2D eigenvalue weighted by atomic mass is 32.1. The fourth-order valence-corrected chi connectivity index (χ4v) is 3.14. The summed E-state index contributed by atoms with van der Waals surface area (Å²) in [6.07, 6.45) is 5.14. The van der Waals surface area contributed by atoms with Crippen molar-refractivity contribution in [3.05, 3.63) is 29.8 Å². The van der Waals surface area contributed by atoms with Crippen molar-refractivity contribution in [3.8, 4) is 5.75 Å². The molecule has 0 radical (unpaired) electrons. The maximum atomic E-state index is 12.0. The van der Waals surface area contributed by atoms with Crippen molar-refractivity contribution in [1.29, 1.82) is 0 Å². The molecule has 0 atom stereocenters. The summed E-state index contributed by atoms with van der Waals surface area (Å²) in [5, 5.41) is 5.08. The third-order valence-electron chi connectivity index (χ3n) is 4.49. The van der Waals surface area contributed by atoms with Crippen LogP contribution in [0.1, 0.15) is 37.7 Å². The highest BCUT2D eigenvalue weighted by Gasteiger charge is 2.21. The molecular weight excluding hydrogens is 380 g/mol. The minimum Gasteiger partial charge on any atom is -0.497 e. The number of thiocarbonyl (C=S) groups is 1. The van der Waals surface area contributed by atoms with E-state index in [0.717, 1.165) is 37.7 Å². The Kier molecular flexibility index (Phi) is 8.67. The van der Waals surface area contributed by atoms with E-state index < -0.39 is 5.91 Å². The molecular formula is C19H26N4O4S. The lowest BCUT2D eigenvalue weighted by Crippen LogP contribution is -2.51. The lowest BCUT2D eigenvalue weighted by atomic mass is 9.89. The first-order valence-corrected chi connectivity index (χ1v) is 9.68. The van der Waals surface area contributed by atoms with Gasteiger partial charge in [0, 0.05) is 5.92 Å². The zero-order valence-electron chi connectivity index (χ0n) is 15.9. The first kappa shape index (κ1) is 21.6. The number of nitrogens with one attached hydrogen (secondary N) is 4. The normalized spacial score (nSPS) is 13.9. The van der Waals surface area contributed by atoms with Gasteiger partial charge in [-0.2, -0.15) is 0 Å². The second-order valence-electron chi connectivity index (χ2n) is 6.63. The Bertz CT molecular complexity index is 702. The maximum Gasteiger partial charge on any atom is 0.257 e. The van der Waals surface area contributed by atoms with Gasteiger partial charge in [0.2, 0.25) is 11.8 Å². The number of methoxy groups -OCH3 is 1. The lowest BCUT2D eigenvalue weighted by molar-refractivity contribution is -0.129. The van der Waals surface area contributed by atoms with Crippen LogP contribution in [0, 0.1) is 5.92 Å². The van der Waals surface area contributed by atoms with Gasteiger partial charge in [0.05, 0.1) is 20.1 Å². The average Bonchev–Trinajstić information content (AvgIpc) is 2.71. The third-order valence-corrected chi connectivity index (χ3v) is 4.70. The van der Waals surface area contributed by atoms with Crippen LogP contribution in [0.5, 0.6) is 5.75 Å². The van der Waals surface area contributed by atoms with E-state index in [0.29, 0.717) is 5.75 Å². The first-order valence-electron chi connectivity index (χ1n) is 9.27. The Morgan fingerprint density at radius 2 is 1.71 bits per heavy atom. The van der Waals surface area contributed by atoms with Crippen molar-refractivity contribution in [2.24, 2.45) is 5.92 Å². The molecule has 0 aliphatic heterocycles. The standard InChI is InChI=1S/C19H26N4O4S/c1-27-15-9-7-13(8-10-15)11-16(24)21-19(28)23-22-17(25)12-20-18(26)14-5-3-2-4-6-14/h7-10,14H,2-6,11-12H2,1H3,(H,20,26)(H,22,25)(H2,21,23,24,28). The van der Waals surface area contributed by atoms with Crippen molar-refractivity contribution in [1.82, 2.24) is 21.5 Å². The molecule has 0 aromatic heterocycles. The summed E-state index contributed by atoms with van der Waals surface area (Å²) in [6.45, 7) is -0.148. The Hall–Kier alpha value is -2.68. The summed E-state index contributed by atoms with van der Waals surface area (Å²) >= 11 is 4.98. The van der Waals surface area contributed by atoms with Crippen LogP contribution in [0.15, 0.2) is 24.3 Å². The topological polar surface area (TPSA) is 109 Å². The number of amides is 3. The molecule has 1 aromatic rings.